The van der Waals surface area contributed by atoms with Gasteiger partial charge in [0.1, 0.15) is 23.9 Å². The van der Waals surface area contributed by atoms with Crippen LogP contribution in [0.15, 0.2) is 42.5 Å². The molecule has 0 spiro atoms. The highest BCUT2D eigenvalue weighted by atomic mass is 35.5. The van der Waals surface area contributed by atoms with Gasteiger partial charge in [0.25, 0.3) is 0 Å². The number of ether oxygens (including phenoxy) is 3. The summed E-state index contributed by atoms with van der Waals surface area (Å²) in [6.07, 6.45) is 0.902. The standard InChI is InChI=1S/C19H24N2O4.ClH/c1-23-17-8-9-18(24-2)14(13-17)3-10-19(22)21-15-4-6-16(7-5-15)25-12-11-20;/h4-9,13H,3,10-12,20H2,1-2H3,(H,21,22);1H. The quantitative estimate of drug-likeness (QED) is 0.698. The summed E-state index contributed by atoms with van der Waals surface area (Å²) < 4.78 is 16.0. The zero-order valence-electron chi connectivity index (χ0n) is 15.0. The molecule has 0 aliphatic carbocycles. The Labute approximate surface area is 160 Å². The second-order valence-electron chi connectivity index (χ2n) is 5.39. The number of anilines is 1. The number of aryl methyl sites for hydroxylation is 1. The molecular weight excluding hydrogens is 356 g/mol. The molecule has 0 bridgehead atoms. The Bertz CT molecular complexity index is 692. The molecular formula is C19H25ClN2O4. The van der Waals surface area contributed by atoms with Crippen molar-refractivity contribution in [1.82, 2.24) is 0 Å². The Hall–Kier alpha value is -2.44. The van der Waals surface area contributed by atoms with E-state index in [0.29, 0.717) is 26.0 Å². The van der Waals surface area contributed by atoms with E-state index in [1.54, 1.807) is 38.5 Å². The lowest BCUT2D eigenvalue weighted by Crippen LogP contribution is -2.13. The van der Waals surface area contributed by atoms with Crippen molar-refractivity contribution < 1.29 is 19.0 Å². The summed E-state index contributed by atoms with van der Waals surface area (Å²) >= 11 is 0. The number of benzene rings is 2. The van der Waals surface area contributed by atoms with Gasteiger partial charge in [-0.1, -0.05) is 0 Å². The van der Waals surface area contributed by atoms with Gasteiger partial charge in [-0.2, -0.15) is 0 Å². The minimum Gasteiger partial charge on any atom is -0.497 e. The number of rotatable bonds is 9. The lowest BCUT2D eigenvalue weighted by atomic mass is 10.1. The molecule has 142 valence electrons. The van der Waals surface area contributed by atoms with Crippen LogP contribution in [-0.4, -0.2) is 33.3 Å². The summed E-state index contributed by atoms with van der Waals surface area (Å²) in [4.78, 5) is 12.2. The maximum Gasteiger partial charge on any atom is 0.224 e. The molecule has 0 aromatic heterocycles. The number of nitrogens with one attached hydrogen (secondary N) is 1. The molecule has 26 heavy (non-hydrogen) atoms. The number of carbonyl (C=O) groups is 1. The third-order valence-corrected chi connectivity index (χ3v) is 3.63. The van der Waals surface area contributed by atoms with Crippen molar-refractivity contribution in [3.8, 4) is 17.2 Å². The topological polar surface area (TPSA) is 82.8 Å². The first kappa shape index (κ1) is 21.6. The number of methoxy groups -OCH3 is 2. The van der Waals surface area contributed by atoms with Gasteiger partial charge in [-0.25, -0.2) is 0 Å². The van der Waals surface area contributed by atoms with Crippen LogP contribution >= 0.6 is 12.4 Å². The van der Waals surface area contributed by atoms with Gasteiger partial charge >= 0.3 is 0 Å². The Kier molecular flexibility index (Phi) is 9.33. The van der Waals surface area contributed by atoms with Crippen molar-refractivity contribution in [3.63, 3.8) is 0 Å². The summed E-state index contributed by atoms with van der Waals surface area (Å²) in [5.41, 5.74) is 7.05. The van der Waals surface area contributed by atoms with Gasteiger partial charge in [0.2, 0.25) is 5.91 Å². The number of hydrogen-bond acceptors (Lipinski definition) is 5. The first-order chi connectivity index (χ1) is 12.2. The Morgan fingerprint density at radius 2 is 1.73 bits per heavy atom. The smallest absolute Gasteiger partial charge is 0.224 e. The number of carbonyl (C=O) groups excluding carboxylic acids is 1. The highest BCUT2D eigenvalue weighted by molar-refractivity contribution is 5.90. The summed E-state index contributed by atoms with van der Waals surface area (Å²) in [5, 5.41) is 2.87. The van der Waals surface area contributed by atoms with E-state index in [1.165, 1.54) is 0 Å². The molecule has 0 saturated heterocycles. The van der Waals surface area contributed by atoms with Crippen LogP contribution in [0, 0.1) is 0 Å². The van der Waals surface area contributed by atoms with E-state index in [2.05, 4.69) is 5.32 Å². The van der Waals surface area contributed by atoms with E-state index in [4.69, 9.17) is 19.9 Å². The van der Waals surface area contributed by atoms with Gasteiger partial charge in [-0.15, -0.1) is 12.4 Å². The van der Waals surface area contributed by atoms with E-state index in [-0.39, 0.29) is 18.3 Å². The molecule has 0 aliphatic heterocycles. The van der Waals surface area contributed by atoms with E-state index < -0.39 is 0 Å². The van der Waals surface area contributed by atoms with Crippen molar-refractivity contribution in [2.45, 2.75) is 12.8 Å². The van der Waals surface area contributed by atoms with E-state index in [9.17, 15) is 4.79 Å². The molecule has 2 rings (SSSR count). The van der Waals surface area contributed by atoms with Gasteiger partial charge in [-0.3, -0.25) is 4.79 Å². The zero-order valence-corrected chi connectivity index (χ0v) is 15.8. The van der Waals surface area contributed by atoms with Crippen molar-refractivity contribution in [2.75, 3.05) is 32.7 Å². The van der Waals surface area contributed by atoms with Crippen LogP contribution in [0.2, 0.25) is 0 Å². The van der Waals surface area contributed by atoms with Gasteiger partial charge in [0, 0.05) is 18.7 Å². The van der Waals surface area contributed by atoms with Crippen LogP contribution in [0.4, 0.5) is 5.69 Å². The lowest BCUT2D eigenvalue weighted by Gasteiger charge is -2.11. The molecule has 1 amide bonds. The van der Waals surface area contributed by atoms with Crippen LogP contribution in [0.3, 0.4) is 0 Å². The van der Waals surface area contributed by atoms with Crippen LogP contribution in [-0.2, 0) is 11.2 Å². The van der Waals surface area contributed by atoms with Crippen molar-refractivity contribution in [1.29, 1.82) is 0 Å². The Morgan fingerprint density at radius 3 is 2.35 bits per heavy atom. The number of halogens is 1. The fraction of sp³-hybridized carbons (Fsp3) is 0.316. The molecule has 0 heterocycles. The van der Waals surface area contributed by atoms with Crippen molar-refractivity contribution in [2.24, 2.45) is 5.73 Å². The molecule has 2 aromatic rings. The third kappa shape index (κ3) is 6.46. The SMILES string of the molecule is COc1ccc(OC)c(CCC(=O)Nc2ccc(OCCN)cc2)c1.Cl. The van der Waals surface area contributed by atoms with Crippen LogP contribution in [0.5, 0.6) is 17.2 Å². The molecule has 0 fully saturated rings. The van der Waals surface area contributed by atoms with Crippen LogP contribution in [0.25, 0.3) is 0 Å². The minimum absolute atomic E-state index is 0. The number of hydrogen-bond donors (Lipinski definition) is 2. The highest BCUT2D eigenvalue weighted by Crippen LogP contribution is 2.25. The van der Waals surface area contributed by atoms with Crippen LogP contribution < -0.4 is 25.3 Å². The summed E-state index contributed by atoms with van der Waals surface area (Å²) in [7, 11) is 3.22. The zero-order chi connectivity index (χ0) is 18.1. The average molecular weight is 381 g/mol. The molecule has 0 atom stereocenters. The predicted octanol–water partition coefficient (Wildman–Crippen LogP) is 3.03. The second kappa shape index (κ2) is 11.2. The maximum atomic E-state index is 12.2. The van der Waals surface area contributed by atoms with Crippen molar-refractivity contribution >= 4 is 24.0 Å². The number of nitrogens with two attached hydrogens (primary N) is 1. The molecule has 0 unspecified atom stereocenters. The highest BCUT2D eigenvalue weighted by Gasteiger charge is 2.09. The fourth-order valence-corrected chi connectivity index (χ4v) is 2.36. The van der Waals surface area contributed by atoms with Gasteiger partial charge < -0.3 is 25.3 Å². The summed E-state index contributed by atoms with van der Waals surface area (Å²) in [6, 6.07) is 12.8. The monoisotopic (exact) mass is 380 g/mol. The van der Waals surface area contributed by atoms with Gasteiger partial charge in [0.15, 0.2) is 0 Å². The lowest BCUT2D eigenvalue weighted by molar-refractivity contribution is -0.116. The average Bonchev–Trinajstić information content (AvgIpc) is 2.65. The van der Waals surface area contributed by atoms with E-state index >= 15 is 0 Å². The Balaban J connectivity index is 0.00000338. The first-order valence-corrected chi connectivity index (χ1v) is 8.10. The minimum atomic E-state index is -0.0690. The number of amides is 1. The predicted molar refractivity (Wildman–Crippen MR) is 105 cm³/mol. The van der Waals surface area contributed by atoms with Gasteiger partial charge in [-0.05, 0) is 54.4 Å². The van der Waals surface area contributed by atoms with E-state index in [0.717, 1.165) is 28.5 Å². The fourth-order valence-electron chi connectivity index (χ4n) is 2.36. The summed E-state index contributed by atoms with van der Waals surface area (Å²) in [6.45, 7) is 0.931. The van der Waals surface area contributed by atoms with E-state index in [1.807, 2.05) is 18.2 Å². The molecule has 3 N–H and O–H groups in total. The maximum absolute atomic E-state index is 12.2. The molecule has 6 nitrogen and oxygen atoms in total. The largest absolute Gasteiger partial charge is 0.497 e. The molecule has 0 saturated carbocycles. The first-order valence-electron chi connectivity index (χ1n) is 8.10. The van der Waals surface area contributed by atoms with Crippen molar-refractivity contribution in [3.05, 3.63) is 48.0 Å². The molecule has 0 aliphatic rings. The van der Waals surface area contributed by atoms with Gasteiger partial charge in [0.05, 0.1) is 14.2 Å². The van der Waals surface area contributed by atoms with Crippen LogP contribution in [0.1, 0.15) is 12.0 Å². The normalized spacial score (nSPS) is 9.81. The molecule has 2 aromatic carbocycles. The third-order valence-electron chi connectivity index (χ3n) is 3.63. The second-order valence-corrected chi connectivity index (χ2v) is 5.39. The molecule has 7 heteroatoms. The molecule has 0 radical (unpaired) electrons. The summed E-state index contributed by atoms with van der Waals surface area (Å²) in [5.74, 6) is 2.14. The Morgan fingerprint density at radius 1 is 1.04 bits per heavy atom.